The van der Waals surface area contributed by atoms with E-state index < -0.39 is 0 Å². The standard InChI is InChI=1S/C21H21ClN4/c22-16-7-5-15(6-8-16)20-17-3-1-2-4-18(17)21(25-24-20)26-12-10-14-9-11-23-19(14)13-26/h1-8,14,19,23H,9-13H2. The Kier molecular flexibility index (Phi) is 4.03. The molecule has 0 amide bonds. The summed E-state index contributed by atoms with van der Waals surface area (Å²) in [4.78, 5) is 2.40. The molecule has 0 bridgehead atoms. The van der Waals surface area contributed by atoms with Gasteiger partial charge in [-0.2, -0.15) is 0 Å². The predicted octanol–water partition coefficient (Wildman–Crippen LogP) is 4.14. The number of aromatic nitrogens is 2. The number of hydrogen-bond donors (Lipinski definition) is 1. The van der Waals surface area contributed by atoms with Crippen LogP contribution in [0.2, 0.25) is 5.02 Å². The van der Waals surface area contributed by atoms with Crippen LogP contribution in [0.15, 0.2) is 48.5 Å². The Morgan fingerprint density at radius 2 is 1.77 bits per heavy atom. The van der Waals surface area contributed by atoms with Gasteiger partial charge in [-0.3, -0.25) is 0 Å². The molecule has 1 N–H and O–H groups in total. The van der Waals surface area contributed by atoms with Crippen LogP contribution in [0.3, 0.4) is 0 Å². The van der Waals surface area contributed by atoms with Gasteiger partial charge >= 0.3 is 0 Å². The first-order chi connectivity index (χ1) is 12.8. The van der Waals surface area contributed by atoms with Crippen LogP contribution < -0.4 is 10.2 Å². The van der Waals surface area contributed by atoms with Gasteiger partial charge < -0.3 is 10.2 Å². The normalized spacial score (nSPS) is 22.6. The molecule has 1 aromatic heterocycles. The van der Waals surface area contributed by atoms with E-state index in [-0.39, 0.29) is 0 Å². The fourth-order valence-electron chi connectivity index (χ4n) is 4.37. The van der Waals surface area contributed by atoms with E-state index >= 15 is 0 Å². The molecule has 4 nitrogen and oxygen atoms in total. The second-order valence-corrected chi connectivity index (χ2v) is 7.71. The lowest BCUT2D eigenvalue weighted by Crippen LogP contribution is -2.46. The average Bonchev–Trinajstić information content (AvgIpc) is 3.16. The van der Waals surface area contributed by atoms with Crippen molar-refractivity contribution in [2.75, 3.05) is 24.5 Å². The highest BCUT2D eigenvalue weighted by atomic mass is 35.5. The van der Waals surface area contributed by atoms with Gasteiger partial charge in [-0.15, -0.1) is 10.2 Å². The number of anilines is 1. The smallest absolute Gasteiger partial charge is 0.159 e. The third-order valence-corrected chi connectivity index (χ3v) is 6.01. The summed E-state index contributed by atoms with van der Waals surface area (Å²) in [5, 5.41) is 16.0. The van der Waals surface area contributed by atoms with Crippen molar-refractivity contribution in [2.24, 2.45) is 5.92 Å². The molecule has 5 rings (SSSR count). The molecule has 2 unspecified atom stereocenters. The van der Waals surface area contributed by atoms with Crippen molar-refractivity contribution in [3.63, 3.8) is 0 Å². The van der Waals surface area contributed by atoms with Gasteiger partial charge in [-0.05, 0) is 37.4 Å². The van der Waals surface area contributed by atoms with Crippen LogP contribution >= 0.6 is 11.6 Å². The van der Waals surface area contributed by atoms with Crippen molar-refractivity contribution in [3.8, 4) is 11.3 Å². The molecule has 2 aromatic carbocycles. The minimum atomic E-state index is 0.584. The molecule has 2 aliphatic rings. The zero-order chi connectivity index (χ0) is 17.5. The van der Waals surface area contributed by atoms with E-state index in [1.807, 2.05) is 24.3 Å². The van der Waals surface area contributed by atoms with Gasteiger partial charge in [0.2, 0.25) is 0 Å². The summed E-state index contributed by atoms with van der Waals surface area (Å²) in [6, 6.07) is 16.8. The third-order valence-electron chi connectivity index (χ3n) is 5.76. The number of rotatable bonds is 2. The molecule has 0 aliphatic carbocycles. The Bertz CT molecular complexity index is 940. The summed E-state index contributed by atoms with van der Waals surface area (Å²) in [5.74, 6) is 1.82. The Morgan fingerprint density at radius 1 is 0.962 bits per heavy atom. The molecule has 2 fully saturated rings. The predicted molar refractivity (Wildman–Crippen MR) is 107 cm³/mol. The first-order valence-corrected chi connectivity index (χ1v) is 9.67. The lowest BCUT2D eigenvalue weighted by molar-refractivity contribution is 0.372. The third kappa shape index (κ3) is 2.74. The summed E-state index contributed by atoms with van der Waals surface area (Å²) in [6.45, 7) is 3.22. The van der Waals surface area contributed by atoms with E-state index in [1.54, 1.807) is 0 Å². The van der Waals surface area contributed by atoms with E-state index in [9.17, 15) is 0 Å². The van der Waals surface area contributed by atoms with Gasteiger partial charge in [0.1, 0.15) is 5.69 Å². The van der Waals surface area contributed by atoms with E-state index in [2.05, 4.69) is 44.7 Å². The second kappa shape index (κ2) is 6.53. The van der Waals surface area contributed by atoms with Gasteiger partial charge in [0.25, 0.3) is 0 Å². The Balaban J connectivity index is 1.58. The maximum Gasteiger partial charge on any atom is 0.159 e. The van der Waals surface area contributed by atoms with Crippen LogP contribution in [0.5, 0.6) is 0 Å². The minimum Gasteiger partial charge on any atom is -0.353 e. The number of piperidine rings is 1. The van der Waals surface area contributed by atoms with Crippen LogP contribution in [0.4, 0.5) is 5.82 Å². The first-order valence-electron chi connectivity index (χ1n) is 9.29. The van der Waals surface area contributed by atoms with Crippen molar-refractivity contribution in [3.05, 3.63) is 53.6 Å². The number of hydrogen-bond acceptors (Lipinski definition) is 4. The fraction of sp³-hybridized carbons (Fsp3) is 0.333. The van der Waals surface area contributed by atoms with Gasteiger partial charge in [-0.1, -0.05) is 48.0 Å². The molecule has 2 atom stereocenters. The van der Waals surface area contributed by atoms with Gasteiger partial charge in [-0.25, -0.2) is 0 Å². The SMILES string of the molecule is Clc1ccc(-c2nnc(N3CCC4CCNC4C3)c3ccccc23)cc1. The number of benzene rings is 2. The Hall–Kier alpha value is -2.17. The fourth-order valence-corrected chi connectivity index (χ4v) is 4.49. The van der Waals surface area contributed by atoms with Crippen molar-refractivity contribution in [2.45, 2.75) is 18.9 Å². The summed E-state index contributed by atoms with van der Waals surface area (Å²) in [6.07, 6.45) is 2.53. The van der Waals surface area contributed by atoms with Crippen LogP contribution in [0, 0.1) is 5.92 Å². The number of nitrogens with one attached hydrogen (secondary N) is 1. The molecular formula is C21H21ClN4. The van der Waals surface area contributed by atoms with Crippen LogP contribution in [0.1, 0.15) is 12.8 Å². The zero-order valence-electron chi connectivity index (χ0n) is 14.5. The highest BCUT2D eigenvalue weighted by Crippen LogP contribution is 2.34. The average molecular weight is 365 g/mol. The zero-order valence-corrected chi connectivity index (χ0v) is 15.3. The lowest BCUT2D eigenvalue weighted by Gasteiger charge is -2.36. The molecule has 0 radical (unpaired) electrons. The molecule has 0 saturated carbocycles. The maximum absolute atomic E-state index is 6.04. The topological polar surface area (TPSA) is 41.1 Å². The van der Waals surface area contributed by atoms with Crippen LogP contribution in [0.25, 0.3) is 22.0 Å². The van der Waals surface area contributed by atoms with E-state index in [0.29, 0.717) is 6.04 Å². The Labute approximate surface area is 158 Å². The van der Waals surface area contributed by atoms with Gasteiger partial charge in [0, 0.05) is 40.5 Å². The lowest BCUT2D eigenvalue weighted by atomic mass is 9.92. The summed E-state index contributed by atoms with van der Waals surface area (Å²) >= 11 is 6.04. The van der Waals surface area contributed by atoms with Crippen molar-refractivity contribution < 1.29 is 0 Å². The largest absolute Gasteiger partial charge is 0.353 e. The number of nitrogens with zero attached hydrogens (tertiary/aromatic N) is 3. The van der Waals surface area contributed by atoms with Crippen LogP contribution in [-0.4, -0.2) is 35.9 Å². The molecule has 26 heavy (non-hydrogen) atoms. The van der Waals surface area contributed by atoms with Gasteiger partial charge in [0.05, 0.1) is 0 Å². The van der Waals surface area contributed by atoms with E-state index in [4.69, 9.17) is 11.6 Å². The molecule has 2 saturated heterocycles. The van der Waals surface area contributed by atoms with E-state index in [1.165, 1.54) is 18.2 Å². The number of fused-ring (bicyclic) bond motifs is 2. The quantitative estimate of drug-likeness (QED) is 0.742. The van der Waals surface area contributed by atoms with Crippen molar-refractivity contribution in [1.82, 2.24) is 15.5 Å². The first kappa shape index (κ1) is 16.0. The van der Waals surface area contributed by atoms with Gasteiger partial charge in [0.15, 0.2) is 5.82 Å². The highest BCUT2D eigenvalue weighted by molar-refractivity contribution is 6.30. The summed E-state index contributed by atoms with van der Waals surface area (Å²) in [5.41, 5.74) is 1.95. The highest BCUT2D eigenvalue weighted by Gasteiger charge is 2.33. The summed E-state index contributed by atoms with van der Waals surface area (Å²) in [7, 11) is 0. The Morgan fingerprint density at radius 3 is 2.62 bits per heavy atom. The molecular weight excluding hydrogens is 344 g/mol. The molecule has 0 spiro atoms. The molecule has 3 heterocycles. The molecule has 3 aromatic rings. The van der Waals surface area contributed by atoms with Crippen molar-refractivity contribution >= 4 is 28.2 Å². The molecule has 2 aliphatic heterocycles. The second-order valence-electron chi connectivity index (χ2n) is 7.27. The van der Waals surface area contributed by atoms with Crippen LogP contribution in [-0.2, 0) is 0 Å². The number of halogens is 1. The van der Waals surface area contributed by atoms with E-state index in [0.717, 1.165) is 53.0 Å². The summed E-state index contributed by atoms with van der Waals surface area (Å²) < 4.78 is 0. The molecule has 5 heteroatoms. The monoisotopic (exact) mass is 364 g/mol. The minimum absolute atomic E-state index is 0.584. The molecule has 132 valence electrons. The van der Waals surface area contributed by atoms with Crippen molar-refractivity contribution in [1.29, 1.82) is 0 Å². The maximum atomic E-state index is 6.04.